The van der Waals surface area contributed by atoms with Crippen molar-refractivity contribution in [3.05, 3.63) is 46.3 Å². The van der Waals surface area contributed by atoms with E-state index in [1.54, 1.807) is 17.0 Å². The molecule has 0 radical (unpaired) electrons. The van der Waals surface area contributed by atoms with Crippen molar-refractivity contribution in [3.8, 4) is 5.75 Å². The highest BCUT2D eigenvalue weighted by molar-refractivity contribution is 9.10. The number of para-hydroxylation sites is 2. The number of hydrogen-bond donors (Lipinski definition) is 1. The number of aryl methyl sites for hydroxylation is 1. The standard InChI is InChI=1S/C17H17BrN4O2S/c1-3-21-14(11(18)10-19-21)9-12-16(23)22(17(25)20-12)13-7-5-6-8-15(13)24-4-2/h5-10H,3-4H2,1-2H3,(H,20,25)/b12-9+. The molecule has 130 valence electrons. The molecule has 0 saturated carbocycles. The first-order chi connectivity index (χ1) is 12.1. The van der Waals surface area contributed by atoms with Crippen LogP contribution in [0.5, 0.6) is 5.75 Å². The Balaban J connectivity index is 1.99. The first-order valence-electron chi connectivity index (χ1n) is 7.87. The van der Waals surface area contributed by atoms with E-state index in [0.29, 0.717) is 35.4 Å². The maximum absolute atomic E-state index is 12.9. The molecule has 6 nitrogen and oxygen atoms in total. The Hall–Kier alpha value is -2.19. The number of rotatable bonds is 5. The number of anilines is 1. The average Bonchev–Trinajstić information content (AvgIpc) is 3.09. The van der Waals surface area contributed by atoms with Crippen LogP contribution in [0.2, 0.25) is 0 Å². The summed E-state index contributed by atoms with van der Waals surface area (Å²) in [6.07, 6.45) is 3.45. The van der Waals surface area contributed by atoms with Gasteiger partial charge in [-0.1, -0.05) is 12.1 Å². The van der Waals surface area contributed by atoms with Gasteiger partial charge in [-0.3, -0.25) is 9.48 Å². The van der Waals surface area contributed by atoms with Gasteiger partial charge in [0.15, 0.2) is 5.11 Å². The van der Waals surface area contributed by atoms with Gasteiger partial charge in [0.05, 0.1) is 28.7 Å². The Morgan fingerprint density at radius 3 is 2.84 bits per heavy atom. The van der Waals surface area contributed by atoms with Gasteiger partial charge in [0.2, 0.25) is 0 Å². The number of halogens is 1. The van der Waals surface area contributed by atoms with Crippen LogP contribution >= 0.6 is 28.1 Å². The smallest absolute Gasteiger partial charge is 0.281 e. The van der Waals surface area contributed by atoms with Crippen LogP contribution in [0, 0.1) is 0 Å². The zero-order chi connectivity index (χ0) is 18.0. The van der Waals surface area contributed by atoms with Gasteiger partial charge in [-0.25, -0.2) is 4.90 Å². The maximum Gasteiger partial charge on any atom is 0.281 e. The monoisotopic (exact) mass is 420 g/mol. The van der Waals surface area contributed by atoms with E-state index in [4.69, 9.17) is 17.0 Å². The predicted molar refractivity (Wildman–Crippen MR) is 104 cm³/mol. The molecule has 0 atom stereocenters. The van der Waals surface area contributed by atoms with E-state index in [9.17, 15) is 4.79 Å². The average molecular weight is 421 g/mol. The molecule has 25 heavy (non-hydrogen) atoms. The summed E-state index contributed by atoms with van der Waals surface area (Å²) in [5.41, 5.74) is 1.83. The molecule has 2 aromatic rings. The molecule has 1 aromatic heterocycles. The van der Waals surface area contributed by atoms with Crippen molar-refractivity contribution in [3.63, 3.8) is 0 Å². The fraction of sp³-hybridized carbons (Fsp3) is 0.235. The molecule has 1 fully saturated rings. The van der Waals surface area contributed by atoms with Gasteiger partial charge in [-0.05, 0) is 60.2 Å². The van der Waals surface area contributed by atoms with Gasteiger partial charge in [-0.15, -0.1) is 0 Å². The lowest BCUT2D eigenvalue weighted by Gasteiger charge is -2.17. The zero-order valence-corrected chi connectivity index (χ0v) is 16.2. The van der Waals surface area contributed by atoms with Gasteiger partial charge >= 0.3 is 0 Å². The van der Waals surface area contributed by atoms with Crippen LogP contribution in [0.25, 0.3) is 6.08 Å². The zero-order valence-electron chi connectivity index (χ0n) is 13.8. The molecule has 1 N–H and O–H groups in total. The van der Waals surface area contributed by atoms with Gasteiger partial charge in [-0.2, -0.15) is 5.10 Å². The van der Waals surface area contributed by atoms with Crippen LogP contribution in [0.15, 0.2) is 40.6 Å². The fourth-order valence-corrected chi connectivity index (χ4v) is 3.28. The molecule has 1 aliphatic rings. The number of ether oxygens (including phenoxy) is 1. The van der Waals surface area contributed by atoms with Crippen molar-refractivity contribution < 1.29 is 9.53 Å². The van der Waals surface area contributed by atoms with Crippen LogP contribution < -0.4 is 15.0 Å². The second kappa shape index (κ2) is 7.37. The number of benzene rings is 1. The lowest BCUT2D eigenvalue weighted by atomic mass is 10.2. The molecule has 1 aliphatic heterocycles. The minimum absolute atomic E-state index is 0.229. The first kappa shape index (κ1) is 17.6. The Bertz CT molecular complexity index is 862. The Kier molecular flexibility index (Phi) is 5.19. The number of hydrogen-bond acceptors (Lipinski definition) is 4. The molecular weight excluding hydrogens is 404 g/mol. The molecule has 1 saturated heterocycles. The van der Waals surface area contributed by atoms with E-state index in [-0.39, 0.29) is 5.91 Å². The molecule has 2 heterocycles. The lowest BCUT2D eigenvalue weighted by molar-refractivity contribution is -0.113. The van der Waals surface area contributed by atoms with Gasteiger partial charge < -0.3 is 10.1 Å². The highest BCUT2D eigenvalue weighted by Gasteiger charge is 2.34. The molecule has 0 aliphatic carbocycles. The summed E-state index contributed by atoms with van der Waals surface area (Å²) in [5, 5.41) is 7.57. The van der Waals surface area contributed by atoms with E-state index in [2.05, 4.69) is 26.3 Å². The summed E-state index contributed by atoms with van der Waals surface area (Å²) >= 11 is 8.83. The molecule has 1 amide bonds. The number of carbonyl (C=O) groups excluding carboxylic acids is 1. The second-order valence-electron chi connectivity index (χ2n) is 5.22. The molecule has 0 spiro atoms. The summed E-state index contributed by atoms with van der Waals surface area (Å²) in [4.78, 5) is 14.4. The highest BCUT2D eigenvalue weighted by Crippen LogP contribution is 2.32. The minimum Gasteiger partial charge on any atom is -0.492 e. The van der Waals surface area contributed by atoms with E-state index in [1.807, 2.05) is 38.1 Å². The van der Waals surface area contributed by atoms with Crippen molar-refractivity contribution in [2.45, 2.75) is 20.4 Å². The number of carbonyl (C=O) groups is 1. The normalized spacial score (nSPS) is 15.8. The van der Waals surface area contributed by atoms with Crippen molar-refractivity contribution in [2.24, 2.45) is 0 Å². The highest BCUT2D eigenvalue weighted by atomic mass is 79.9. The van der Waals surface area contributed by atoms with Crippen molar-refractivity contribution in [1.82, 2.24) is 15.1 Å². The number of nitrogens with one attached hydrogen (secondary N) is 1. The van der Waals surface area contributed by atoms with Crippen molar-refractivity contribution >= 4 is 50.9 Å². The predicted octanol–water partition coefficient (Wildman–Crippen LogP) is 3.33. The van der Waals surface area contributed by atoms with Crippen LogP contribution in [0.3, 0.4) is 0 Å². The number of aromatic nitrogens is 2. The SMILES string of the molecule is CCOc1ccccc1N1C(=O)/C(=C\c2c(Br)cnn2CC)NC1=S. The molecule has 0 bridgehead atoms. The van der Waals surface area contributed by atoms with Crippen LogP contribution in [0.4, 0.5) is 5.69 Å². The Morgan fingerprint density at radius 1 is 1.36 bits per heavy atom. The topological polar surface area (TPSA) is 59.4 Å². The lowest BCUT2D eigenvalue weighted by Crippen LogP contribution is -2.30. The fourth-order valence-electron chi connectivity index (χ4n) is 2.58. The van der Waals surface area contributed by atoms with Crippen LogP contribution in [-0.2, 0) is 11.3 Å². The Morgan fingerprint density at radius 2 is 2.12 bits per heavy atom. The summed E-state index contributed by atoms with van der Waals surface area (Å²) in [5.74, 6) is 0.386. The van der Waals surface area contributed by atoms with Gasteiger partial charge in [0.25, 0.3) is 5.91 Å². The summed E-state index contributed by atoms with van der Waals surface area (Å²) in [7, 11) is 0. The third-order valence-electron chi connectivity index (χ3n) is 3.70. The molecular formula is C17H17BrN4O2S. The van der Waals surface area contributed by atoms with E-state index < -0.39 is 0 Å². The van der Waals surface area contributed by atoms with Crippen LogP contribution in [0.1, 0.15) is 19.5 Å². The Labute approximate surface area is 159 Å². The molecule has 1 aromatic carbocycles. The third-order valence-corrected chi connectivity index (χ3v) is 4.59. The minimum atomic E-state index is -0.229. The van der Waals surface area contributed by atoms with Crippen molar-refractivity contribution in [2.75, 3.05) is 11.5 Å². The van der Waals surface area contributed by atoms with Crippen molar-refractivity contribution in [1.29, 1.82) is 0 Å². The molecule has 0 unspecified atom stereocenters. The summed E-state index contributed by atoms with van der Waals surface area (Å²) in [6.45, 7) is 5.08. The second-order valence-corrected chi connectivity index (χ2v) is 6.46. The number of thiocarbonyl (C=S) groups is 1. The quantitative estimate of drug-likeness (QED) is 0.593. The largest absolute Gasteiger partial charge is 0.492 e. The molecule has 8 heteroatoms. The van der Waals surface area contributed by atoms with E-state index in [1.165, 1.54) is 4.90 Å². The number of amides is 1. The third kappa shape index (κ3) is 3.32. The van der Waals surface area contributed by atoms with Gasteiger partial charge in [0, 0.05) is 6.54 Å². The summed E-state index contributed by atoms with van der Waals surface area (Å²) < 4.78 is 8.23. The maximum atomic E-state index is 12.9. The van der Waals surface area contributed by atoms with Gasteiger partial charge in [0.1, 0.15) is 11.4 Å². The number of nitrogens with zero attached hydrogens (tertiary/aromatic N) is 3. The van der Waals surface area contributed by atoms with E-state index >= 15 is 0 Å². The van der Waals surface area contributed by atoms with Crippen LogP contribution in [-0.4, -0.2) is 27.4 Å². The van der Waals surface area contributed by atoms with E-state index in [0.717, 1.165) is 10.2 Å². The first-order valence-corrected chi connectivity index (χ1v) is 9.07. The summed E-state index contributed by atoms with van der Waals surface area (Å²) in [6, 6.07) is 7.34. The molecule has 3 rings (SSSR count).